The van der Waals surface area contributed by atoms with Crippen molar-refractivity contribution in [3.05, 3.63) is 155 Å². The van der Waals surface area contributed by atoms with Gasteiger partial charge >= 0.3 is 0 Å². The van der Waals surface area contributed by atoms with E-state index in [0.29, 0.717) is 0 Å². The molecule has 0 amide bonds. The molecular weight excluding hydrogens is 569 g/mol. The monoisotopic (exact) mass is 637 g/mol. The predicted molar refractivity (Wildman–Crippen MR) is 216 cm³/mol. The van der Waals surface area contributed by atoms with Crippen LogP contribution >= 0.6 is 0 Å². The van der Waals surface area contributed by atoms with Gasteiger partial charge in [0.15, 0.2) is 0 Å². The van der Waals surface area contributed by atoms with Crippen LogP contribution in [0, 0.1) is 41.5 Å². The molecule has 0 atom stereocenters. The molecule has 0 aromatic heterocycles. The van der Waals surface area contributed by atoms with E-state index in [0.717, 1.165) is 11.5 Å². The molecule has 258 valence electrons. The van der Waals surface area contributed by atoms with Gasteiger partial charge in [0.25, 0.3) is 0 Å². The molecule has 0 radical (unpaired) electrons. The molecule has 5 aromatic carbocycles. The van der Waals surface area contributed by atoms with Gasteiger partial charge in [-0.2, -0.15) is 0 Å². The van der Waals surface area contributed by atoms with Gasteiger partial charge in [0.2, 0.25) is 0 Å². The maximum Gasteiger partial charge on any atom is 0.127 e. The van der Waals surface area contributed by atoms with Crippen molar-refractivity contribution in [3.8, 4) is 22.6 Å². The Morgan fingerprint density at radius 3 is 0.574 bits per heavy atom. The first-order valence-corrected chi connectivity index (χ1v) is 17.8. The summed E-state index contributed by atoms with van der Waals surface area (Å²) in [4.78, 5) is 0. The molecule has 0 aliphatic heterocycles. The zero-order valence-corrected chi connectivity index (χ0v) is 33.0. The lowest BCUT2D eigenvalue weighted by Crippen LogP contribution is -1.84. The third-order valence-electron chi connectivity index (χ3n) is 5.93. The van der Waals surface area contributed by atoms with Gasteiger partial charge in [-0.15, -0.1) is 0 Å². The average molecular weight is 637 g/mol. The van der Waals surface area contributed by atoms with Gasteiger partial charge in [0, 0.05) is 0 Å². The lowest BCUT2D eigenvalue weighted by atomic mass is 10.0. The first-order chi connectivity index (χ1) is 22.8. The fraction of sp³-hybridized carbons (Fsp3) is 0.348. The fourth-order valence-corrected chi connectivity index (χ4v) is 3.48. The molecule has 0 aliphatic rings. The summed E-state index contributed by atoms with van der Waals surface area (Å²) in [5.41, 5.74) is 10.3. The molecule has 0 N–H and O–H groups in total. The van der Waals surface area contributed by atoms with E-state index in [1.54, 1.807) is 0 Å². The highest BCUT2D eigenvalue weighted by Crippen LogP contribution is 2.22. The van der Waals surface area contributed by atoms with E-state index in [1.165, 1.54) is 44.5 Å². The van der Waals surface area contributed by atoms with Crippen molar-refractivity contribution in [1.29, 1.82) is 0 Å². The summed E-state index contributed by atoms with van der Waals surface area (Å²) in [7, 11) is 0. The molecule has 0 saturated carbocycles. The fourth-order valence-electron chi connectivity index (χ4n) is 3.48. The van der Waals surface area contributed by atoms with E-state index in [-0.39, 0.29) is 0 Å². The molecule has 0 unspecified atom stereocenters. The highest BCUT2D eigenvalue weighted by atomic mass is 16.5. The van der Waals surface area contributed by atoms with E-state index in [1.807, 2.05) is 118 Å². The lowest BCUT2D eigenvalue weighted by molar-refractivity contribution is 0.482. The van der Waals surface area contributed by atoms with E-state index in [2.05, 4.69) is 114 Å². The SMILES string of the molecule is CC.CC.CC.CC.CC.Cc1ccc(-c2ccc(C)cc2)cc1.Cc1ccc(C)cc1.Cc1ccc(Oc2ccc(C)cc2)cc1. The van der Waals surface area contributed by atoms with Crippen LogP contribution in [0.3, 0.4) is 0 Å². The molecule has 0 bridgehead atoms. The van der Waals surface area contributed by atoms with Crippen molar-refractivity contribution >= 4 is 0 Å². The summed E-state index contributed by atoms with van der Waals surface area (Å²) < 4.78 is 5.69. The van der Waals surface area contributed by atoms with Crippen molar-refractivity contribution in [2.45, 2.75) is 111 Å². The summed E-state index contributed by atoms with van der Waals surface area (Å²) in [6.07, 6.45) is 0. The van der Waals surface area contributed by atoms with Gasteiger partial charge < -0.3 is 4.74 Å². The molecule has 0 spiro atoms. The Kier molecular flexibility index (Phi) is 32.1. The van der Waals surface area contributed by atoms with E-state index in [9.17, 15) is 0 Å². The zero-order chi connectivity index (χ0) is 36.6. The number of ether oxygens (including phenoxy) is 1. The van der Waals surface area contributed by atoms with E-state index >= 15 is 0 Å². The van der Waals surface area contributed by atoms with Crippen molar-refractivity contribution in [3.63, 3.8) is 0 Å². The van der Waals surface area contributed by atoms with Gasteiger partial charge in [-0.1, -0.05) is 200 Å². The molecule has 1 nitrogen and oxygen atoms in total. The van der Waals surface area contributed by atoms with Crippen molar-refractivity contribution in [1.82, 2.24) is 0 Å². The Morgan fingerprint density at radius 1 is 0.234 bits per heavy atom. The van der Waals surface area contributed by atoms with Crippen LogP contribution < -0.4 is 4.74 Å². The zero-order valence-electron chi connectivity index (χ0n) is 33.0. The van der Waals surface area contributed by atoms with Gasteiger partial charge in [-0.25, -0.2) is 0 Å². The van der Waals surface area contributed by atoms with E-state index < -0.39 is 0 Å². The van der Waals surface area contributed by atoms with E-state index in [4.69, 9.17) is 4.74 Å². The molecule has 0 heterocycles. The first kappa shape index (κ1) is 47.3. The lowest BCUT2D eigenvalue weighted by Gasteiger charge is -2.05. The number of benzene rings is 5. The summed E-state index contributed by atoms with van der Waals surface area (Å²) in [5.74, 6) is 1.76. The quantitative estimate of drug-likeness (QED) is 0.191. The standard InChI is InChI=1S/C14H14O.C14H14.C8H10.5C2H6/c1-11-3-7-13(8-4-11)15-14-9-5-12(2)6-10-14;1-11-3-7-13(8-4-11)14-9-5-12(2)6-10-14;1-7-3-5-8(2)6-4-7;5*1-2/h3-10H,1-2H3;3-10H,1-2H3;3-6H,1-2H3;5*1-2H3. The Labute approximate surface area is 292 Å². The Bertz CT molecular complexity index is 1220. The second-order valence-electron chi connectivity index (χ2n) is 9.61. The maximum atomic E-state index is 5.69. The van der Waals surface area contributed by atoms with Gasteiger partial charge in [0.05, 0.1) is 0 Å². The van der Waals surface area contributed by atoms with Crippen LogP contribution in [0.4, 0.5) is 0 Å². The van der Waals surface area contributed by atoms with Crippen molar-refractivity contribution < 1.29 is 4.74 Å². The Balaban J connectivity index is -0.000000559. The predicted octanol–water partition coefficient (Wildman–Crippen LogP) is 15.5. The molecule has 5 rings (SSSR count). The molecule has 5 aromatic rings. The smallest absolute Gasteiger partial charge is 0.127 e. The second-order valence-corrected chi connectivity index (χ2v) is 9.61. The average Bonchev–Trinajstić information content (AvgIpc) is 3.14. The number of hydrogen-bond acceptors (Lipinski definition) is 1. The highest BCUT2D eigenvalue weighted by molar-refractivity contribution is 5.63. The maximum absolute atomic E-state index is 5.69. The minimum atomic E-state index is 0.879. The molecule has 0 fully saturated rings. The topological polar surface area (TPSA) is 9.23 Å². The van der Waals surface area contributed by atoms with Gasteiger partial charge in [0.1, 0.15) is 11.5 Å². The van der Waals surface area contributed by atoms with Crippen molar-refractivity contribution in [2.75, 3.05) is 0 Å². The van der Waals surface area contributed by atoms with Crippen LogP contribution in [-0.4, -0.2) is 0 Å². The molecule has 1 heteroatoms. The number of hydrogen-bond donors (Lipinski definition) is 0. The van der Waals surface area contributed by atoms with Crippen LogP contribution in [0.2, 0.25) is 0 Å². The summed E-state index contributed by atoms with van der Waals surface area (Å²) in [5, 5.41) is 0. The largest absolute Gasteiger partial charge is 0.457 e. The Morgan fingerprint density at radius 2 is 0.383 bits per heavy atom. The minimum absolute atomic E-state index is 0.879. The summed E-state index contributed by atoms with van der Waals surface area (Å²) in [6.45, 7) is 32.5. The molecular formula is C46H68O. The molecule has 0 saturated heterocycles. The van der Waals surface area contributed by atoms with Crippen LogP contribution in [0.1, 0.15) is 103 Å². The normalized spacial score (nSPS) is 8.43. The van der Waals surface area contributed by atoms with Crippen LogP contribution in [-0.2, 0) is 0 Å². The summed E-state index contributed by atoms with van der Waals surface area (Å²) in [6, 6.07) is 41.8. The molecule has 47 heavy (non-hydrogen) atoms. The van der Waals surface area contributed by atoms with Gasteiger partial charge in [-0.3, -0.25) is 0 Å². The molecule has 0 aliphatic carbocycles. The Hall–Kier alpha value is -4.10. The third kappa shape index (κ3) is 23.0. The van der Waals surface area contributed by atoms with Crippen molar-refractivity contribution in [2.24, 2.45) is 0 Å². The van der Waals surface area contributed by atoms with Gasteiger partial charge in [-0.05, 0) is 76.9 Å². The highest BCUT2D eigenvalue weighted by Gasteiger charge is 1.97. The summed E-state index contributed by atoms with van der Waals surface area (Å²) >= 11 is 0. The first-order valence-electron chi connectivity index (χ1n) is 17.8. The number of rotatable bonds is 3. The second kappa shape index (κ2) is 31.9. The van der Waals surface area contributed by atoms with Crippen LogP contribution in [0.25, 0.3) is 11.1 Å². The number of aryl methyl sites for hydroxylation is 6. The minimum Gasteiger partial charge on any atom is -0.457 e. The van der Waals surface area contributed by atoms with Crippen LogP contribution in [0.5, 0.6) is 11.5 Å². The third-order valence-corrected chi connectivity index (χ3v) is 5.93. The van der Waals surface area contributed by atoms with Crippen LogP contribution in [0.15, 0.2) is 121 Å².